The van der Waals surface area contributed by atoms with Crippen molar-refractivity contribution < 1.29 is 9.53 Å². The summed E-state index contributed by atoms with van der Waals surface area (Å²) in [6, 6.07) is 22.8. The molecule has 0 fully saturated rings. The molecule has 0 unspecified atom stereocenters. The first kappa shape index (κ1) is 21.1. The second-order valence-corrected chi connectivity index (χ2v) is 7.43. The van der Waals surface area contributed by atoms with E-state index in [0.29, 0.717) is 22.3 Å². The number of nitrogens with zero attached hydrogens (tertiary/aromatic N) is 2. The number of amides is 1. The van der Waals surface area contributed by atoms with Gasteiger partial charge in [0.25, 0.3) is 5.56 Å². The van der Waals surface area contributed by atoms with E-state index in [9.17, 15) is 14.4 Å². The average molecular weight is 429 g/mol. The van der Waals surface area contributed by atoms with Gasteiger partial charge in [-0.1, -0.05) is 48.5 Å². The zero-order valence-electron chi connectivity index (χ0n) is 17.8. The molecule has 0 saturated carbocycles. The molecule has 1 heterocycles. The lowest BCUT2D eigenvalue weighted by Gasteiger charge is -2.17. The van der Waals surface area contributed by atoms with Gasteiger partial charge in [-0.05, 0) is 36.8 Å². The molecule has 0 bridgehead atoms. The Morgan fingerprint density at radius 1 is 0.969 bits per heavy atom. The second-order valence-electron chi connectivity index (χ2n) is 7.43. The quantitative estimate of drug-likeness (QED) is 0.511. The Hall–Kier alpha value is -4.13. The fraction of sp³-hybridized carbons (Fsp3) is 0.160. The number of methoxy groups -OCH3 is 1. The molecule has 4 rings (SSSR count). The van der Waals surface area contributed by atoms with Crippen molar-refractivity contribution in [3.8, 4) is 11.4 Å². The number of rotatable bonds is 6. The third kappa shape index (κ3) is 4.05. The van der Waals surface area contributed by atoms with Crippen LogP contribution in [0.15, 0.2) is 88.5 Å². The van der Waals surface area contributed by atoms with Crippen molar-refractivity contribution in [1.82, 2.24) is 14.5 Å². The molecule has 1 aromatic heterocycles. The number of carbonyl (C=O) groups is 1. The van der Waals surface area contributed by atoms with Crippen molar-refractivity contribution in [3.63, 3.8) is 0 Å². The topological polar surface area (TPSA) is 82.3 Å². The number of hydrogen-bond acceptors (Lipinski definition) is 4. The molecule has 32 heavy (non-hydrogen) atoms. The maximum absolute atomic E-state index is 13.4. The highest BCUT2D eigenvalue weighted by Gasteiger charge is 2.18. The number of carbonyl (C=O) groups excluding carboxylic acids is 1. The molecule has 0 saturated heterocycles. The van der Waals surface area contributed by atoms with Gasteiger partial charge in [0.2, 0.25) is 5.91 Å². The summed E-state index contributed by atoms with van der Waals surface area (Å²) in [5.74, 6) is 0.187. The number of aromatic nitrogens is 2. The highest BCUT2D eigenvalue weighted by atomic mass is 16.5. The maximum Gasteiger partial charge on any atom is 0.336 e. The number of benzene rings is 3. The highest BCUT2D eigenvalue weighted by Crippen LogP contribution is 2.16. The molecule has 1 N–H and O–H groups in total. The molecule has 162 valence electrons. The van der Waals surface area contributed by atoms with E-state index in [1.165, 1.54) is 11.7 Å². The predicted octanol–water partition coefficient (Wildman–Crippen LogP) is 3.04. The third-order valence-electron chi connectivity index (χ3n) is 5.34. The minimum absolute atomic E-state index is 0.221. The molecule has 4 aromatic rings. The van der Waals surface area contributed by atoms with Crippen molar-refractivity contribution in [2.45, 2.75) is 19.5 Å². The van der Waals surface area contributed by atoms with Gasteiger partial charge in [0.05, 0.1) is 29.7 Å². The van der Waals surface area contributed by atoms with E-state index in [1.807, 2.05) is 37.3 Å². The molecular formula is C25H23N3O4. The van der Waals surface area contributed by atoms with Crippen molar-refractivity contribution in [3.05, 3.63) is 105 Å². The Balaban J connectivity index is 1.78. The van der Waals surface area contributed by atoms with Gasteiger partial charge < -0.3 is 10.1 Å². The summed E-state index contributed by atoms with van der Waals surface area (Å²) in [5.41, 5.74) is 0.693. The van der Waals surface area contributed by atoms with Crippen LogP contribution < -0.4 is 21.3 Å². The number of nitrogens with one attached hydrogen (secondary N) is 1. The lowest BCUT2D eigenvalue weighted by atomic mass is 10.1. The molecule has 1 amide bonds. The SMILES string of the molecule is COc1cccc(-n2c(=O)c3ccccc3n(CC(=O)N[C@@H](C)c3ccccc3)c2=O)c1. The molecule has 1 atom stereocenters. The first-order chi connectivity index (χ1) is 15.5. The lowest BCUT2D eigenvalue weighted by Crippen LogP contribution is -2.42. The van der Waals surface area contributed by atoms with Crippen LogP contribution in [0.25, 0.3) is 16.6 Å². The van der Waals surface area contributed by atoms with Gasteiger partial charge in [-0.3, -0.25) is 14.2 Å². The monoisotopic (exact) mass is 429 g/mol. The first-order valence-corrected chi connectivity index (χ1v) is 10.2. The minimum atomic E-state index is -0.593. The van der Waals surface area contributed by atoms with Gasteiger partial charge in [-0.15, -0.1) is 0 Å². The van der Waals surface area contributed by atoms with Crippen molar-refractivity contribution in [2.24, 2.45) is 0 Å². The number of ether oxygens (including phenoxy) is 1. The normalized spacial score (nSPS) is 11.8. The summed E-state index contributed by atoms with van der Waals surface area (Å²) >= 11 is 0. The van der Waals surface area contributed by atoms with Gasteiger partial charge in [0.15, 0.2) is 0 Å². The van der Waals surface area contributed by atoms with E-state index in [2.05, 4.69) is 5.32 Å². The van der Waals surface area contributed by atoms with Crippen molar-refractivity contribution in [2.75, 3.05) is 7.11 Å². The number of para-hydroxylation sites is 1. The third-order valence-corrected chi connectivity index (χ3v) is 5.34. The van der Waals surface area contributed by atoms with Crippen LogP contribution in [0.3, 0.4) is 0 Å². The number of hydrogen-bond donors (Lipinski definition) is 1. The second kappa shape index (κ2) is 8.93. The number of fused-ring (bicyclic) bond motifs is 1. The molecule has 3 aromatic carbocycles. The van der Waals surface area contributed by atoms with Crippen LogP contribution in [-0.4, -0.2) is 22.2 Å². The molecule has 7 nitrogen and oxygen atoms in total. The van der Waals surface area contributed by atoms with Crippen LogP contribution in [0.4, 0.5) is 0 Å². The van der Waals surface area contributed by atoms with Crippen LogP contribution in [-0.2, 0) is 11.3 Å². The van der Waals surface area contributed by atoms with Crippen LogP contribution in [0, 0.1) is 0 Å². The van der Waals surface area contributed by atoms with E-state index in [4.69, 9.17) is 4.74 Å². The zero-order chi connectivity index (χ0) is 22.7. The Morgan fingerprint density at radius 3 is 2.44 bits per heavy atom. The van der Waals surface area contributed by atoms with Gasteiger partial charge >= 0.3 is 5.69 Å². The van der Waals surface area contributed by atoms with Gasteiger partial charge in [-0.2, -0.15) is 0 Å². The lowest BCUT2D eigenvalue weighted by molar-refractivity contribution is -0.122. The zero-order valence-corrected chi connectivity index (χ0v) is 17.8. The summed E-state index contributed by atoms with van der Waals surface area (Å²) in [6.45, 7) is 1.66. The Kier molecular flexibility index (Phi) is 5.89. The minimum Gasteiger partial charge on any atom is -0.497 e. The summed E-state index contributed by atoms with van der Waals surface area (Å²) in [6.07, 6.45) is 0. The van der Waals surface area contributed by atoms with Crippen molar-refractivity contribution in [1.29, 1.82) is 0 Å². The summed E-state index contributed by atoms with van der Waals surface area (Å²) in [5, 5.41) is 3.27. The van der Waals surface area contributed by atoms with Crippen LogP contribution in [0.2, 0.25) is 0 Å². The van der Waals surface area contributed by atoms with Crippen LogP contribution in [0.5, 0.6) is 5.75 Å². The molecule has 0 aliphatic carbocycles. The molecule has 0 aliphatic rings. The smallest absolute Gasteiger partial charge is 0.336 e. The predicted molar refractivity (Wildman–Crippen MR) is 123 cm³/mol. The van der Waals surface area contributed by atoms with Crippen molar-refractivity contribution >= 4 is 16.8 Å². The molecule has 0 radical (unpaired) electrons. The summed E-state index contributed by atoms with van der Waals surface area (Å²) in [4.78, 5) is 39.4. The van der Waals surface area contributed by atoms with E-state index >= 15 is 0 Å². The highest BCUT2D eigenvalue weighted by molar-refractivity contribution is 5.82. The fourth-order valence-electron chi connectivity index (χ4n) is 3.71. The standard InChI is InChI=1S/C25H23N3O4/c1-17(18-9-4-3-5-10-18)26-23(29)16-27-22-14-7-6-13-21(22)24(30)28(25(27)31)19-11-8-12-20(15-19)32-2/h3-15,17H,16H2,1-2H3,(H,26,29)/t17-/m0/s1. The maximum atomic E-state index is 13.4. The van der Waals surface area contributed by atoms with Gasteiger partial charge in [0, 0.05) is 6.07 Å². The first-order valence-electron chi connectivity index (χ1n) is 10.2. The van der Waals surface area contributed by atoms with E-state index < -0.39 is 11.2 Å². The Morgan fingerprint density at radius 2 is 1.69 bits per heavy atom. The van der Waals surface area contributed by atoms with Crippen LogP contribution >= 0.6 is 0 Å². The van der Waals surface area contributed by atoms with E-state index in [-0.39, 0.29) is 18.5 Å². The summed E-state index contributed by atoms with van der Waals surface area (Å²) in [7, 11) is 1.51. The fourth-order valence-corrected chi connectivity index (χ4v) is 3.71. The van der Waals surface area contributed by atoms with E-state index in [1.54, 1.807) is 48.5 Å². The van der Waals surface area contributed by atoms with Gasteiger partial charge in [0.1, 0.15) is 12.3 Å². The molecule has 0 aliphatic heterocycles. The van der Waals surface area contributed by atoms with Gasteiger partial charge in [-0.25, -0.2) is 9.36 Å². The Bertz CT molecular complexity index is 1390. The molecule has 0 spiro atoms. The van der Waals surface area contributed by atoms with E-state index in [0.717, 1.165) is 10.1 Å². The molecule has 7 heteroatoms. The Labute approximate surface area is 184 Å². The largest absolute Gasteiger partial charge is 0.497 e. The average Bonchev–Trinajstić information content (AvgIpc) is 2.82. The summed E-state index contributed by atoms with van der Waals surface area (Å²) < 4.78 is 7.63. The molecular weight excluding hydrogens is 406 g/mol. The van der Waals surface area contributed by atoms with Crippen LogP contribution in [0.1, 0.15) is 18.5 Å².